The second kappa shape index (κ2) is 6.04. The van der Waals surface area contributed by atoms with Crippen molar-refractivity contribution in [2.24, 2.45) is 0 Å². The Hall–Kier alpha value is -2.95. The van der Waals surface area contributed by atoms with Crippen LogP contribution < -0.4 is 10.3 Å². The van der Waals surface area contributed by atoms with Crippen molar-refractivity contribution in [3.8, 4) is 5.75 Å². The Kier molecular flexibility index (Phi) is 3.93. The maximum Gasteiger partial charge on any atom is 0.269 e. The summed E-state index contributed by atoms with van der Waals surface area (Å²) in [6.07, 6.45) is 1.29. The molecule has 1 heterocycles. The Morgan fingerprint density at radius 3 is 2.57 bits per heavy atom. The van der Waals surface area contributed by atoms with E-state index in [1.54, 1.807) is 29.9 Å². The van der Waals surface area contributed by atoms with E-state index in [4.69, 9.17) is 4.74 Å². The number of benzene rings is 2. The molecule has 0 aliphatic carbocycles. The van der Waals surface area contributed by atoms with Crippen LogP contribution in [0.4, 0.5) is 0 Å². The number of fused-ring (bicyclic) bond motifs is 1. The van der Waals surface area contributed by atoms with E-state index in [1.807, 2.05) is 24.3 Å². The molecule has 0 spiro atoms. The third-order valence-corrected chi connectivity index (χ3v) is 3.75. The molecule has 116 valence electrons. The molecule has 0 saturated carbocycles. The van der Waals surface area contributed by atoms with Gasteiger partial charge in [0, 0.05) is 5.56 Å². The van der Waals surface area contributed by atoms with Crippen molar-refractivity contribution >= 4 is 16.8 Å². The summed E-state index contributed by atoms with van der Waals surface area (Å²) < 4.78 is 6.79. The minimum absolute atomic E-state index is 0.0263. The molecular formula is C18H16N2O3. The summed E-state index contributed by atoms with van der Waals surface area (Å²) in [5.41, 5.74) is 2.73. The molecule has 0 unspecified atom stereocenters. The lowest BCUT2D eigenvalue weighted by Crippen LogP contribution is -2.21. The van der Waals surface area contributed by atoms with Crippen molar-refractivity contribution < 1.29 is 9.53 Å². The first kappa shape index (κ1) is 15.0. The molecule has 5 nitrogen and oxygen atoms in total. The minimum Gasteiger partial charge on any atom is -0.497 e. The van der Waals surface area contributed by atoms with Gasteiger partial charge >= 0.3 is 0 Å². The quantitative estimate of drug-likeness (QED) is 0.695. The first-order valence-corrected chi connectivity index (χ1v) is 7.22. The lowest BCUT2D eigenvalue weighted by molar-refractivity contribution is 0.101. The van der Waals surface area contributed by atoms with Crippen LogP contribution in [0.5, 0.6) is 5.75 Å². The van der Waals surface area contributed by atoms with Gasteiger partial charge in [-0.2, -0.15) is 0 Å². The minimum atomic E-state index is -0.177. The molecule has 0 amide bonds. The van der Waals surface area contributed by atoms with Crippen molar-refractivity contribution in [1.29, 1.82) is 0 Å². The van der Waals surface area contributed by atoms with Crippen molar-refractivity contribution in [2.75, 3.05) is 7.11 Å². The molecule has 0 bridgehead atoms. The second-order valence-electron chi connectivity index (χ2n) is 5.29. The molecule has 2 aromatic carbocycles. The van der Waals surface area contributed by atoms with Gasteiger partial charge in [-0.25, -0.2) is 4.98 Å². The largest absolute Gasteiger partial charge is 0.497 e. The highest BCUT2D eigenvalue weighted by Crippen LogP contribution is 2.16. The van der Waals surface area contributed by atoms with Gasteiger partial charge < -0.3 is 9.30 Å². The van der Waals surface area contributed by atoms with Crippen LogP contribution in [-0.4, -0.2) is 22.4 Å². The highest BCUT2D eigenvalue weighted by atomic mass is 16.5. The molecule has 0 saturated heterocycles. The van der Waals surface area contributed by atoms with Gasteiger partial charge in [-0.1, -0.05) is 12.1 Å². The van der Waals surface area contributed by atoms with Crippen LogP contribution in [0.15, 0.2) is 53.5 Å². The first-order chi connectivity index (χ1) is 11.1. The monoisotopic (exact) mass is 308 g/mol. The van der Waals surface area contributed by atoms with Crippen LogP contribution in [0.25, 0.3) is 11.0 Å². The van der Waals surface area contributed by atoms with Crippen LogP contribution in [0, 0.1) is 0 Å². The number of ketones is 1. The maximum atomic E-state index is 12.2. The number of nitrogens with zero attached hydrogens (tertiary/aromatic N) is 2. The average Bonchev–Trinajstić information content (AvgIpc) is 2.57. The molecule has 0 fully saturated rings. The van der Waals surface area contributed by atoms with Gasteiger partial charge in [0.1, 0.15) is 5.75 Å². The van der Waals surface area contributed by atoms with Crippen LogP contribution in [0.3, 0.4) is 0 Å². The van der Waals surface area contributed by atoms with E-state index in [1.165, 1.54) is 13.1 Å². The van der Waals surface area contributed by atoms with Crippen molar-refractivity contribution in [1.82, 2.24) is 9.55 Å². The zero-order valence-electron chi connectivity index (χ0n) is 12.9. The molecule has 3 rings (SSSR count). The summed E-state index contributed by atoms with van der Waals surface area (Å²) >= 11 is 0. The fraction of sp³-hybridized carbons (Fsp3) is 0.167. The number of Topliss-reactive ketones (excluding diaryl/α,β-unsaturated/α-hetero) is 1. The van der Waals surface area contributed by atoms with E-state index >= 15 is 0 Å². The van der Waals surface area contributed by atoms with E-state index in [0.29, 0.717) is 23.1 Å². The SMILES string of the molecule is COc1ccc(Cn2c(=O)cnc3cc(C(C)=O)ccc32)cc1. The third kappa shape index (κ3) is 2.99. The predicted molar refractivity (Wildman–Crippen MR) is 88.1 cm³/mol. The van der Waals surface area contributed by atoms with Crippen molar-refractivity contribution in [3.63, 3.8) is 0 Å². The average molecular weight is 308 g/mol. The fourth-order valence-electron chi connectivity index (χ4n) is 2.46. The van der Waals surface area contributed by atoms with Crippen LogP contribution in [0.2, 0.25) is 0 Å². The summed E-state index contributed by atoms with van der Waals surface area (Å²) in [5, 5.41) is 0. The van der Waals surface area contributed by atoms with E-state index in [-0.39, 0.29) is 11.3 Å². The van der Waals surface area contributed by atoms with Gasteiger partial charge in [0.15, 0.2) is 5.78 Å². The number of methoxy groups -OCH3 is 1. The Balaban J connectivity index is 2.06. The van der Waals surface area contributed by atoms with E-state index in [2.05, 4.69) is 4.98 Å². The van der Waals surface area contributed by atoms with E-state index < -0.39 is 0 Å². The molecule has 0 aliphatic heterocycles. The Morgan fingerprint density at radius 2 is 1.91 bits per heavy atom. The third-order valence-electron chi connectivity index (χ3n) is 3.75. The molecular weight excluding hydrogens is 292 g/mol. The van der Waals surface area contributed by atoms with Crippen LogP contribution in [-0.2, 0) is 6.54 Å². The summed E-state index contributed by atoms with van der Waals surface area (Å²) in [6.45, 7) is 1.94. The Morgan fingerprint density at radius 1 is 1.17 bits per heavy atom. The van der Waals surface area contributed by atoms with Crippen LogP contribution >= 0.6 is 0 Å². The van der Waals surface area contributed by atoms with E-state index in [0.717, 1.165) is 11.3 Å². The van der Waals surface area contributed by atoms with E-state index in [9.17, 15) is 9.59 Å². The fourth-order valence-corrected chi connectivity index (χ4v) is 2.46. The molecule has 0 radical (unpaired) electrons. The molecule has 23 heavy (non-hydrogen) atoms. The van der Waals surface area contributed by atoms with Gasteiger partial charge in [-0.15, -0.1) is 0 Å². The first-order valence-electron chi connectivity index (χ1n) is 7.22. The summed E-state index contributed by atoms with van der Waals surface area (Å²) in [7, 11) is 1.61. The molecule has 0 aliphatic rings. The van der Waals surface area contributed by atoms with Crippen molar-refractivity contribution in [3.05, 3.63) is 70.1 Å². The lowest BCUT2D eigenvalue weighted by atomic mass is 10.1. The van der Waals surface area contributed by atoms with Gasteiger partial charge in [-0.05, 0) is 42.8 Å². The number of aromatic nitrogens is 2. The summed E-state index contributed by atoms with van der Waals surface area (Å²) in [5.74, 6) is 0.744. The Labute approximate surface area is 133 Å². The topological polar surface area (TPSA) is 61.2 Å². The van der Waals surface area contributed by atoms with Crippen molar-refractivity contribution in [2.45, 2.75) is 13.5 Å². The predicted octanol–water partition coefficient (Wildman–Crippen LogP) is 2.66. The standard InChI is InChI=1S/C18H16N2O3/c1-12(21)14-5-8-17-16(9-14)19-10-18(22)20(17)11-13-3-6-15(23-2)7-4-13/h3-10H,11H2,1-2H3. The lowest BCUT2D eigenvalue weighted by Gasteiger charge is -2.10. The van der Waals surface area contributed by atoms with Gasteiger partial charge in [0.2, 0.25) is 0 Å². The normalized spacial score (nSPS) is 10.7. The highest BCUT2D eigenvalue weighted by molar-refractivity contribution is 5.97. The number of carbonyl (C=O) groups is 1. The molecule has 0 N–H and O–H groups in total. The zero-order chi connectivity index (χ0) is 16.4. The van der Waals surface area contributed by atoms with Gasteiger partial charge in [0.25, 0.3) is 5.56 Å². The van der Waals surface area contributed by atoms with Gasteiger partial charge in [0.05, 0.1) is 30.9 Å². The highest BCUT2D eigenvalue weighted by Gasteiger charge is 2.08. The number of hydrogen-bond donors (Lipinski definition) is 0. The molecule has 5 heteroatoms. The van der Waals surface area contributed by atoms with Gasteiger partial charge in [-0.3, -0.25) is 9.59 Å². The number of rotatable bonds is 4. The summed E-state index contributed by atoms with van der Waals surface area (Å²) in [6, 6.07) is 12.8. The number of ether oxygens (including phenoxy) is 1. The smallest absolute Gasteiger partial charge is 0.269 e. The summed E-state index contributed by atoms with van der Waals surface area (Å²) in [4.78, 5) is 27.8. The second-order valence-corrected chi connectivity index (χ2v) is 5.29. The van der Waals surface area contributed by atoms with Crippen LogP contribution in [0.1, 0.15) is 22.8 Å². The molecule has 0 atom stereocenters. The Bertz CT molecular complexity index is 927. The maximum absolute atomic E-state index is 12.2. The molecule has 3 aromatic rings. The zero-order valence-corrected chi connectivity index (χ0v) is 12.9. The number of hydrogen-bond acceptors (Lipinski definition) is 4. The number of carbonyl (C=O) groups excluding carboxylic acids is 1. The molecule has 1 aromatic heterocycles.